The Kier molecular flexibility index (Phi) is 11.4. The highest BCUT2D eigenvalue weighted by Gasteiger charge is 2.29. The van der Waals surface area contributed by atoms with Gasteiger partial charge in [0.15, 0.2) is 5.96 Å². The first-order valence-electron chi connectivity index (χ1n) is 11.3. The molecule has 0 bridgehead atoms. The molecule has 1 saturated carbocycles. The number of nitrogens with zero attached hydrogens (tertiary/aromatic N) is 2. The van der Waals surface area contributed by atoms with E-state index in [1.54, 1.807) is 7.11 Å². The maximum Gasteiger partial charge on any atom is 0.223 e. The molecule has 1 saturated heterocycles. The molecule has 2 aliphatic rings. The van der Waals surface area contributed by atoms with Crippen molar-refractivity contribution in [3.63, 3.8) is 0 Å². The van der Waals surface area contributed by atoms with E-state index in [1.807, 2.05) is 12.1 Å². The van der Waals surface area contributed by atoms with Gasteiger partial charge < -0.3 is 20.7 Å². The average molecular weight is 543 g/mol. The predicted octanol–water partition coefficient (Wildman–Crippen LogP) is 2.61. The summed E-state index contributed by atoms with van der Waals surface area (Å²) in [6.07, 6.45) is 4.44. The Hall–Kier alpha value is -1.55. The molecule has 1 aliphatic heterocycles. The number of amides is 1. The number of aliphatic imine (C=N–C) groups is 1. The van der Waals surface area contributed by atoms with Crippen LogP contribution in [0.3, 0.4) is 0 Å². The van der Waals surface area contributed by atoms with E-state index in [9.17, 15) is 4.79 Å². The van der Waals surface area contributed by atoms with E-state index in [2.05, 4.69) is 39.9 Å². The van der Waals surface area contributed by atoms with Crippen LogP contribution in [0.5, 0.6) is 5.75 Å². The van der Waals surface area contributed by atoms with Crippen LogP contribution >= 0.6 is 24.0 Å². The Bertz CT molecular complexity index is 686. The Balaban J connectivity index is 0.00000341. The van der Waals surface area contributed by atoms with Gasteiger partial charge >= 0.3 is 0 Å². The molecule has 1 aromatic carbocycles. The lowest BCUT2D eigenvalue weighted by molar-refractivity contribution is -0.122. The summed E-state index contributed by atoms with van der Waals surface area (Å²) in [7, 11) is 1.70. The number of nitrogens with one attached hydrogen (secondary N) is 3. The van der Waals surface area contributed by atoms with Gasteiger partial charge in [-0.1, -0.05) is 12.1 Å². The van der Waals surface area contributed by atoms with Gasteiger partial charge in [0, 0.05) is 38.6 Å². The number of methoxy groups -OCH3 is 1. The molecule has 3 N–H and O–H groups in total. The smallest absolute Gasteiger partial charge is 0.223 e. The van der Waals surface area contributed by atoms with Crippen LogP contribution in [0, 0.1) is 11.8 Å². The van der Waals surface area contributed by atoms with Gasteiger partial charge in [-0.05, 0) is 69.3 Å². The van der Waals surface area contributed by atoms with Crippen molar-refractivity contribution >= 4 is 35.8 Å². The highest BCUT2D eigenvalue weighted by Crippen LogP contribution is 2.28. The second-order valence-electron chi connectivity index (χ2n) is 8.28. The van der Waals surface area contributed by atoms with Crippen molar-refractivity contribution in [2.75, 3.05) is 46.4 Å². The van der Waals surface area contributed by atoms with Crippen molar-refractivity contribution < 1.29 is 9.53 Å². The van der Waals surface area contributed by atoms with E-state index in [0.29, 0.717) is 19.0 Å². The molecule has 0 unspecified atom stereocenters. The molecule has 1 aliphatic carbocycles. The van der Waals surface area contributed by atoms with Crippen LogP contribution in [-0.4, -0.2) is 63.1 Å². The summed E-state index contributed by atoms with van der Waals surface area (Å²) in [5.41, 5.74) is 1.33. The predicted molar refractivity (Wildman–Crippen MR) is 136 cm³/mol. The molecule has 1 heterocycles. The number of hydrogen-bond acceptors (Lipinski definition) is 4. The summed E-state index contributed by atoms with van der Waals surface area (Å²) < 4.78 is 5.24. The topological polar surface area (TPSA) is 78.0 Å². The number of benzene rings is 1. The van der Waals surface area contributed by atoms with E-state index in [4.69, 9.17) is 9.73 Å². The standard InChI is InChI=1S/C23H37N5O2.HI/c1-3-24-23(26-13-12-25-22(29)20-6-7-20)27-16-18-10-14-28(15-11-18)17-19-4-8-21(30-2)9-5-19;/h4-5,8-9,18,20H,3,6-7,10-17H2,1-2H3,(H,25,29)(H2,24,26,27);1H. The number of halogens is 1. The number of likely N-dealkylation sites (tertiary alicyclic amines) is 1. The van der Waals surface area contributed by atoms with Crippen LogP contribution in [0.15, 0.2) is 29.3 Å². The molecule has 0 radical (unpaired) electrons. The summed E-state index contributed by atoms with van der Waals surface area (Å²) in [5.74, 6) is 2.84. The van der Waals surface area contributed by atoms with E-state index in [0.717, 1.165) is 57.3 Å². The number of ether oxygens (including phenoxy) is 1. The van der Waals surface area contributed by atoms with Crippen molar-refractivity contribution in [3.05, 3.63) is 29.8 Å². The largest absolute Gasteiger partial charge is 0.497 e. The summed E-state index contributed by atoms with van der Waals surface area (Å²) in [4.78, 5) is 19.0. The monoisotopic (exact) mass is 543 g/mol. The number of rotatable bonds is 10. The highest BCUT2D eigenvalue weighted by atomic mass is 127. The van der Waals surface area contributed by atoms with Crippen LogP contribution in [0.2, 0.25) is 0 Å². The first-order chi connectivity index (χ1) is 14.7. The van der Waals surface area contributed by atoms with Crippen LogP contribution in [-0.2, 0) is 11.3 Å². The van der Waals surface area contributed by atoms with Crippen LogP contribution in [0.25, 0.3) is 0 Å². The van der Waals surface area contributed by atoms with Gasteiger partial charge in [-0.3, -0.25) is 14.7 Å². The van der Waals surface area contributed by atoms with Crippen molar-refractivity contribution in [2.24, 2.45) is 16.8 Å². The first-order valence-corrected chi connectivity index (χ1v) is 11.3. The Morgan fingerprint density at radius 3 is 2.35 bits per heavy atom. The van der Waals surface area contributed by atoms with Crippen molar-refractivity contribution in [1.29, 1.82) is 0 Å². The van der Waals surface area contributed by atoms with Gasteiger partial charge in [0.2, 0.25) is 5.91 Å². The summed E-state index contributed by atoms with van der Waals surface area (Å²) in [6.45, 7) is 8.32. The molecule has 1 amide bonds. The lowest BCUT2D eigenvalue weighted by atomic mass is 9.96. The molecule has 7 nitrogen and oxygen atoms in total. The average Bonchev–Trinajstić information content (AvgIpc) is 3.62. The summed E-state index contributed by atoms with van der Waals surface area (Å²) in [5, 5.41) is 9.61. The zero-order chi connectivity index (χ0) is 21.2. The third kappa shape index (κ3) is 9.22. The third-order valence-electron chi connectivity index (χ3n) is 5.79. The van der Waals surface area contributed by atoms with E-state index in [-0.39, 0.29) is 35.8 Å². The highest BCUT2D eigenvalue weighted by molar-refractivity contribution is 14.0. The van der Waals surface area contributed by atoms with Gasteiger partial charge in [0.25, 0.3) is 0 Å². The van der Waals surface area contributed by atoms with Gasteiger partial charge in [0.05, 0.1) is 7.11 Å². The number of piperidine rings is 1. The molecule has 1 aromatic rings. The molecule has 31 heavy (non-hydrogen) atoms. The lowest BCUT2D eigenvalue weighted by Crippen LogP contribution is -2.42. The minimum absolute atomic E-state index is 0. The lowest BCUT2D eigenvalue weighted by Gasteiger charge is -2.31. The van der Waals surface area contributed by atoms with Gasteiger partial charge in [-0.2, -0.15) is 0 Å². The molecule has 0 aromatic heterocycles. The number of carbonyl (C=O) groups is 1. The number of guanidine groups is 1. The fourth-order valence-electron chi connectivity index (χ4n) is 3.73. The van der Waals surface area contributed by atoms with Gasteiger partial charge in [0.1, 0.15) is 5.75 Å². The number of carbonyl (C=O) groups excluding carboxylic acids is 1. The fourth-order valence-corrected chi connectivity index (χ4v) is 3.73. The quantitative estimate of drug-likeness (QED) is 0.183. The second kappa shape index (κ2) is 13.8. The molecular formula is C23H38IN5O2. The minimum Gasteiger partial charge on any atom is -0.497 e. The van der Waals surface area contributed by atoms with Crippen LogP contribution in [0.1, 0.15) is 38.2 Å². The Labute approximate surface area is 203 Å². The molecular weight excluding hydrogens is 505 g/mol. The van der Waals surface area contributed by atoms with Crippen LogP contribution in [0.4, 0.5) is 0 Å². The first kappa shape index (κ1) is 25.7. The maximum absolute atomic E-state index is 11.7. The molecule has 2 fully saturated rings. The molecule has 8 heteroatoms. The SMILES string of the molecule is CCNC(=NCC1CCN(Cc2ccc(OC)cc2)CC1)NCCNC(=O)C1CC1.I. The van der Waals surface area contributed by atoms with E-state index < -0.39 is 0 Å². The minimum atomic E-state index is 0. The molecule has 3 rings (SSSR count). The van der Waals surface area contributed by atoms with Crippen molar-refractivity contribution in [3.8, 4) is 5.75 Å². The zero-order valence-corrected chi connectivity index (χ0v) is 21.2. The maximum atomic E-state index is 11.7. The second-order valence-corrected chi connectivity index (χ2v) is 8.28. The zero-order valence-electron chi connectivity index (χ0n) is 18.9. The van der Waals surface area contributed by atoms with Gasteiger partial charge in [-0.25, -0.2) is 0 Å². The van der Waals surface area contributed by atoms with Gasteiger partial charge in [-0.15, -0.1) is 24.0 Å². The number of hydrogen-bond donors (Lipinski definition) is 3. The molecule has 0 atom stereocenters. The summed E-state index contributed by atoms with van der Waals surface area (Å²) >= 11 is 0. The van der Waals surface area contributed by atoms with Crippen molar-refractivity contribution in [2.45, 2.75) is 39.2 Å². The molecule has 0 spiro atoms. The van der Waals surface area contributed by atoms with E-state index in [1.165, 1.54) is 18.4 Å². The Morgan fingerprint density at radius 1 is 1.06 bits per heavy atom. The summed E-state index contributed by atoms with van der Waals surface area (Å²) in [6, 6.07) is 8.36. The van der Waals surface area contributed by atoms with E-state index >= 15 is 0 Å². The normalized spacial score (nSPS) is 17.5. The molecule has 174 valence electrons. The third-order valence-corrected chi connectivity index (χ3v) is 5.79. The van der Waals surface area contributed by atoms with Crippen LogP contribution < -0.4 is 20.7 Å². The Morgan fingerprint density at radius 2 is 1.74 bits per heavy atom. The fraction of sp³-hybridized carbons (Fsp3) is 0.652. The van der Waals surface area contributed by atoms with Crippen molar-refractivity contribution in [1.82, 2.24) is 20.9 Å².